The molecule has 0 unspecified atom stereocenters. The van der Waals surface area contributed by atoms with E-state index in [2.05, 4.69) is 4.90 Å². The number of amides is 2. The third kappa shape index (κ3) is 7.64. The molecule has 0 aliphatic carbocycles. The molecule has 10 heteroatoms. The molecule has 2 heterocycles. The maximum absolute atomic E-state index is 13.6. The van der Waals surface area contributed by atoms with Crippen LogP contribution in [0.2, 0.25) is 0 Å². The average molecular weight is 548 g/mol. The molecule has 4 rings (SSSR count). The Morgan fingerprint density at radius 3 is 2.18 bits per heavy atom. The number of hydrogen-bond donors (Lipinski definition) is 0. The van der Waals surface area contributed by atoms with E-state index in [0.29, 0.717) is 13.1 Å². The molecular weight excluding hydrogens is 518 g/mol. The molecule has 202 valence electrons. The van der Waals surface area contributed by atoms with E-state index in [9.17, 15) is 27.2 Å². The van der Waals surface area contributed by atoms with Crippen LogP contribution < -0.4 is 0 Å². The Kier molecular flexibility index (Phi) is 9.17. The van der Waals surface area contributed by atoms with Crippen LogP contribution in [0.25, 0.3) is 0 Å². The van der Waals surface area contributed by atoms with E-state index in [0.717, 1.165) is 60.6 Å². The van der Waals surface area contributed by atoms with Crippen LogP contribution in [-0.4, -0.2) is 59.2 Å². The molecule has 2 amide bonds. The number of benzene rings is 2. The van der Waals surface area contributed by atoms with Crippen LogP contribution in [0.5, 0.6) is 0 Å². The fourth-order valence-corrected chi connectivity index (χ4v) is 5.12. The average Bonchev–Trinajstić information content (AvgIpc) is 3.61. The van der Waals surface area contributed by atoms with Crippen molar-refractivity contribution in [3.63, 3.8) is 0 Å². The molecule has 1 saturated heterocycles. The van der Waals surface area contributed by atoms with Crippen molar-refractivity contribution in [2.45, 2.75) is 32.1 Å². The Bertz CT molecular complexity index is 1190. The highest BCUT2D eigenvalue weighted by molar-refractivity contribution is 7.09. The highest BCUT2D eigenvalue weighted by Gasteiger charge is 2.31. The minimum absolute atomic E-state index is 0.0931. The predicted octanol–water partition coefficient (Wildman–Crippen LogP) is 5.67. The Hall–Kier alpha value is -3.24. The molecule has 1 aliphatic rings. The van der Waals surface area contributed by atoms with Crippen molar-refractivity contribution < 1.29 is 27.2 Å². The maximum atomic E-state index is 13.6. The number of carbonyl (C=O) groups excluding carboxylic acids is 2. The summed E-state index contributed by atoms with van der Waals surface area (Å²) in [5, 5.41) is 1.91. The number of alkyl halides is 3. The molecular formula is C28H29F4N3O2S. The molecule has 2 aromatic carbocycles. The first-order chi connectivity index (χ1) is 18.2. The van der Waals surface area contributed by atoms with Gasteiger partial charge in [-0.2, -0.15) is 13.2 Å². The van der Waals surface area contributed by atoms with E-state index in [-0.39, 0.29) is 36.9 Å². The molecule has 3 aromatic rings. The van der Waals surface area contributed by atoms with Gasteiger partial charge in [0.2, 0.25) is 5.91 Å². The van der Waals surface area contributed by atoms with Crippen LogP contribution in [0, 0.1) is 5.82 Å². The lowest BCUT2D eigenvalue weighted by atomic mass is 10.1. The van der Waals surface area contributed by atoms with Crippen LogP contribution in [0.15, 0.2) is 66.0 Å². The SMILES string of the molecule is O=C(CN(CCN1CCCC1)C(=O)c1ccc(C(F)(F)F)cc1)N(Cc1ccc(F)cc1)Cc1cccs1. The van der Waals surface area contributed by atoms with Gasteiger partial charge in [0.15, 0.2) is 0 Å². The predicted molar refractivity (Wildman–Crippen MR) is 138 cm³/mol. The van der Waals surface area contributed by atoms with Gasteiger partial charge in [0.1, 0.15) is 12.4 Å². The Balaban J connectivity index is 1.53. The van der Waals surface area contributed by atoms with Gasteiger partial charge in [-0.05, 0) is 79.3 Å². The van der Waals surface area contributed by atoms with Gasteiger partial charge in [-0.3, -0.25) is 9.59 Å². The molecule has 1 aromatic heterocycles. The summed E-state index contributed by atoms with van der Waals surface area (Å²) in [4.78, 5) is 33.2. The quantitative estimate of drug-likeness (QED) is 0.307. The van der Waals surface area contributed by atoms with Crippen molar-refractivity contribution >= 4 is 23.2 Å². The number of halogens is 4. The van der Waals surface area contributed by atoms with Gasteiger partial charge in [-0.25, -0.2) is 4.39 Å². The summed E-state index contributed by atoms with van der Waals surface area (Å²) in [6.07, 6.45) is -2.37. The minimum atomic E-state index is -4.50. The first kappa shape index (κ1) is 27.8. The van der Waals surface area contributed by atoms with Gasteiger partial charge in [0, 0.05) is 30.1 Å². The third-order valence-corrected chi connectivity index (χ3v) is 7.38. The van der Waals surface area contributed by atoms with E-state index < -0.39 is 17.6 Å². The summed E-state index contributed by atoms with van der Waals surface area (Å²) in [5.41, 5.74) is -0.000263. The zero-order valence-electron chi connectivity index (χ0n) is 20.8. The number of hydrogen-bond acceptors (Lipinski definition) is 4. The van der Waals surface area contributed by atoms with Gasteiger partial charge in [-0.15, -0.1) is 11.3 Å². The van der Waals surface area contributed by atoms with Crippen LogP contribution in [-0.2, 0) is 24.1 Å². The number of nitrogens with zero attached hydrogens (tertiary/aromatic N) is 3. The molecule has 0 bridgehead atoms. The standard InChI is InChI=1S/C28H29F4N3O2S/c29-24-11-5-21(6-12-24)18-35(19-25-4-3-17-38-25)26(36)20-34(16-15-33-13-1-2-14-33)27(37)22-7-9-23(10-8-22)28(30,31)32/h3-12,17H,1-2,13-16,18-20H2. The van der Waals surface area contributed by atoms with Crippen molar-refractivity contribution in [3.8, 4) is 0 Å². The van der Waals surface area contributed by atoms with Crippen LogP contribution in [0.4, 0.5) is 17.6 Å². The lowest BCUT2D eigenvalue weighted by molar-refractivity contribution is -0.137. The molecule has 0 radical (unpaired) electrons. The topological polar surface area (TPSA) is 43.9 Å². The molecule has 0 spiro atoms. The molecule has 1 aliphatic heterocycles. The van der Waals surface area contributed by atoms with Crippen molar-refractivity contribution in [2.24, 2.45) is 0 Å². The van der Waals surface area contributed by atoms with Crippen molar-refractivity contribution in [3.05, 3.63) is 93.4 Å². The fraction of sp³-hybridized carbons (Fsp3) is 0.357. The van der Waals surface area contributed by atoms with Crippen molar-refractivity contribution in [2.75, 3.05) is 32.7 Å². The zero-order valence-corrected chi connectivity index (χ0v) is 21.6. The van der Waals surface area contributed by atoms with Gasteiger partial charge in [0.05, 0.1) is 12.1 Å². The largest absolute Gasteiger partial charge is 0.416 e. The smallest absolute Gasteiger partial charge is 0.332 e. The molecule has 38 heavy (non-hydrogen) atoms. The summed E-state index contributed by atoms with van der Waals surface area (Å²) < 4.78 is 52.5. The van der Waals surface area contributed by atoms with E-state index in [1.54, 1.807) is 17.0 Å². The zero-order chi connectivity index (χ0) is 27.1. The second kappa shape index (κ2) is 12.5. The van der Waals surface area contributed by atoms with E-state index in [1.165, 1.54) is 28.4 Å². The summed E-state index contributed by atoms with van der Waals surface area (Å²) >= 11 is 1.50. The van der Waals surface area contributed by atoms with Crippen molar-refractivity contribution in [1.29, 1.82) is 0 Å². The van der Waals surface area contributed by atoms with E-state index in [1.807, 2.05) is 17.5 Å². The van der Waals surface area contributed by atoms with Crippen LogP contribution in [0.3, 0.4) is 0 Å². The van der Waals surface area contributed by atoms with Gasteiger partial charge >= 0.3 is 6.18 Å². The van der Waals surface area contributed by atoms with E-state index >= 15 is 0 Å². The number of rotatable bonds is 10. The molecule has 0 N–H and O–H groups in total. The number of carbonyl (C=O) groups is 2. The Morgan fingerprint density at radius 1 is 0.895 bits per heavy atom. The van der Waals surface area contributed by atoms with Crippen LogP contribution >= 0.6 is 11.3 Å². The highest BCUT2D eigenvalue weighted by atomic mass is 32.1. The second-order valence-electron chi connectivity index (χ2n) is 9.31. The first-order valence-electron chi connectivity index (χ1n) is 12.4. The van der Waals surface area contributed by atoms with Gasteiger partial charge in [-0.1, -0.05) is 18.2 Å². The maximum Gasteiger partial charge on any atom is 0.416 e. The second-order valence-corrected chi connectivity index (χ2v) is 10.3. The van der Waals surface area contributed by atoms with Crippen molar-refractivity contribution in [1.82, 2.24) is 14.7 Å². The monoisotopic (exact) mass is 547 g/mol. The molecule has 5 nitrogen and oxygen atoms in total. The number of thiophene rings is 1. The Labute approximate surface area is 223 Å². The summed E-state index contributed by atoms with van der Waals surface area (Å²) in [7, 11) is 0. The summed E-state index contributed by atoms with van der Waals surface area (Å²) in [6.45, 7) is 2.99. The highest BCUT2D eigenvalue weighted by Crippen LogP contribution is 2.29. The lowest BCUT2D eigenvalue weighted by Gasteiger charge is -2.29. The Morgan fingerprint density at radius 2 is 1.58 bits per heavy atom. The normalized spacial score (nSPS) is 14.0. The third-order valence-electron chi connectivity index (χ3n) is 6.52. The summed E-state index contributed by atoms with van der Waals surface area (Å²) in [6, 6.07) is 13.8. The molecule has 0 saturated carbocycles. The lowest BCUT2D eigenvalue weighted by Crippen LogP contribution is -2.45. The van der Waals surface area contributed by atoms with Gasteiger partial charge < -0.3 is 14.7 Å². The van der Waals surface area contributed by atoms with Gasteiger partial charge in [0.25, 0.3) is 5.91 Å². The number of likely N-dealkylation sites (tertiary alicyclic amines) is 1. The minimum Gasteiger partial charge on any atom is -0.332 e. The first-order valence-corrected chi connectivity index (χ1v) is 13.3. The van der Waals surface area contributed by atoms with E-state index in [4.69, 9.17) is 0 Å². The van der Waals surface area contributed by atoms with Crippen LogP contribution in [0.1, 0.15) is 39.2 Å². The molecule has 0 atom stereocenters. The summed E-state index contributed by atoms with van der Waals surface area (Å²) in [5.74, 6) is -1.17. The fourth-order valence-electron chi connectivity index (χ4n) is 4.40. The molecule has 1 fully saturated rings.